The zero-order valence-electron chi connectivity index (χ0n) is 12.4. The highest BCUT2D eigenvalue weighted by Crippen LogP contribution is 2.28. The predicted octanol–water partition coefficient (Wildman–Crippen LogP) is 2.41. The highest BCUT2D eigenvalue weighted by Gasteiger charge is 2.35. The van der Waals surface area contributed by atoms with Crippen LogP contribution < -0.4 is 0 Å². The Labute approximate surface area is 115 Å². The van der Waals surface area contributed by atoms with E-state index in [4.69, 9.17) is 5.11 Å². The van der Waals surface area contributed by atoms with E-state index in [1.54, 1.807) is 9.80 Å². The molecule has 0 spiro atoms. The molecule has 1 rings (SSSR count). The molecule has 1 saturated carbocycles. The molecule has 1 unspecified atom stereocenters. The van der Waals surface area contributed by atoms with Crippen LogP contribution in [0.15, 0.2) is 0 Å². The molecule has 0 aromatic rings. The van der Waals surface area contributed by atoms with Crippen molar-refractivity contribution in [2.45, 2.75) is 58.5 Å². The minimum atomic E-state index is -0.851. The van der Waals surface area contributed by atoms with Crippen LogP contribution in [0.2, 0.25) is 0 Å². The maximum atomic E-state index is 12.4. The summed E-state index contributed by atoms with van der Waals surface area (Å²) >= 11 is 0. The summed E-state index contributed by atoms with van der Waals surface area (Å²) in [7, 11) is 1.81. The lowest BCUT2D eigenvalue weighted by atomic mass is 10.0. The molecule has 1 fully saturated rings. The molecule has 1 atom stereocenters. The number of carbonyl (C=O) groups excluding carboxylic acids is 1. The van der Waals surface area contributed by atoms with Crippen molar-refractivity contribution in [2.24, 2.45) is 5.92 Å². The third kappa shape index (κ3) is 5.09. The first-order valence-corrected chi connectivity index (χ1v) is 7.08. The maximum absolute atomic E-state index is 12.4. The summed E-state index contributed by atoms with van der Waals surface area (Å²) in [6.45, 7) is 6.63. The molecule has 0 heterocycles. The number of hydrogen-bond acceptors (Lipinski definition) is 2. The van der Waals surface area contributed by atoms with Crippen molar-refractivity contribution in [3.8, 4) is 0 Å². The van der Waals surface area contributed by atoms with Crippen LogP contribution in [0.1, 0.15) is 46.5 Å². The summed E-state index contributed by atoms with van der Waals surface area (Å²) in [6, 6.07) is 0.399. The number of amides is 2. The van der Waals surface area contributed by atoms with Crippen LogP contribution in [-0.2, 0) is 4.79 Å². The zero-order chi connectivity index (χ0) is 14.6. The molecule has 0 bridgehead atoms. The molecular weight excluding hydrogens is 244 g/mol. The standard InChI is InChI=1S/C14H26N2O3/c1-10(2)9-11(3)15(4)14(19)16(12-5-6-12)8-7-13(17)18/h10-12H,5-9H2,1-4H3,(H,17,18). The third-order valence-corrected chi connectivity index (χ3v) is 3.58. The molecule has 0 radical (unpaired) electrons. The van der Waals surface area contributed by atoms with Crippen molar-refractivity contribution in [3.63, 3.8) is 0 Å². The summed E-state index contributed by atoms with van der Waals surface area (Å²) < 4.78 is 0. The van der Waals surface area contributed by atoms with Gasteiger partial charge in [0.1, 0.15) is 0 Å². The molecular formula is C14H26N2O3. The molecule has 5 heteroatoms. The lowest BCUT2D eigenvalue weighted by Crippen LogP contribution is -2.47. The molecule has 1 aliphatic rings. The van der Waals surface area contributed by atoms with E-state index in [2.05, 4.69) is 13.8 Å². The second kappa shape index (κ2) is 6.78. The second-order valence-electron chi connectivity index (χ2n) is 5.94. The van der Waals surface area contributed by atoms with Crippen LogP contribution in [-0.4, -0.2) is 52.6 Å². The first-order chi connectivity index (χ1) is 8.82. The second-order valence-corrected chi connectivity index (χ2v) is 5.94. The van der Waals surface area contributed by atoms with E-state index in [1.807, 2.05) is 14.0 Å². The van der Waals surface area contributed by atoms with Gasteiger partial charge < -0.3 is 14.9 Å². The monoisotopic (exact) mass is 270 g/mol. The molecule has 5 nitrogen and oxygen atoms in total. The Morgan fingerprint density at radius 3 is 2.26 bits per heavy atom. The number of aliphatic carboxylic acids is 1. The molecule has 1 N–H and O–H groups in total. The minimum absolute atomic E-state index is 0.0225. The van der Waals surface area contributed by atoms with Crippen LogP contribution in [0.5, 0.6) is 0 Å². The number of urea groups is 1. The molecule has 0 aliphatic heterocycles. The van der Waals surface area contributed by atoms with Gasteiger partial charge in [-0.3, -0.25) is 4.79 Å². The number of carboxylic acids is 1. The van der Waals surface area contributed by atoms with Crippen LogP contribution in [0.3, 0.4) is 0 Å². The number of nitrogens with zero attached hydrogens (tertiary/aromatic N) is 2. The first-order valence-electron chi connectivity index (χ1n) is 7.08. The van der Waals surface area contributed by atoms with Crippen molar-refractivity contribution in [1.29, 1.82) is 0 Å². The number of rotatable bonds is 7. The first kappa shape index (κ1) is 15.8. The summed E-state index contributed by atoms with van der Waals surface area (Å²) in [6.07, 6.45) is 2.98. The quantitative estimate of drug-likeness (QED) is 0.772. The average molecular weight is 270 g/mol. The largest absolute Gasteiger partial charge is 0.481 e. The highest BCUT2D eigenvalue weighted by atomic mass is 16.4. The van der Waals surface area contributed by atoms with E-state index >= 15 is 0 Å². The van der Waals surface area contributed by atoms with Gasteiger partial charge in [-0.15, -0.1) is 0 Å². The van der Waals surface area contributed by atoms with Gasteiger partial charge in [-0.2, -0.15) is 0 Å². The predicted molar refractivity (Wildman–Crippen MR) is 74.1 cm³/mol. The fourth-order valence-corrected chi connectivity index (χ4v) is 2.27. The summed E-state index contributed by atoms with van der Waals surface area (Å²) in [5.74, 6) is -0.310. The van der Waals surface area contributed by atoms with Crippen LogP contribution in [0.4, 0.5) is 4.79 Å². The van der Waals surface area contributed by atoms with Gasteiger partial charge >= 0.3 is 12.0 Å². The lowest BCUT2D eigenvalue weighted by Gasteiger charge is -2.32. The van der Waals surface area contributed by atoms with E-state index in [1.165, 1.54) is 0 Å². The number of carbonyl (C=O) groups is 2. The minimum Gasteiger partial charge on any atom is -0.481 e. The lowest BCUT2D eigenvalue weighted by molar-refractivity contribution is -0.137. The SMILES string of the molecule is CC(C)CC(C)N(C)C(=O)N(CCC(=O)O)C1CC1. The molecule has 0 saturated heterocycles. The molecule has 110 valence electrons. The van der Waals surface area contributed by atoms with Gasteiger partial charge in [0.05, 0.1) is 6.42 Å². The summed E-state index contributed by atoms with van der Waals surface area (Å²) in [4.78, 5) is 26.6. The zero-order valence-corrected chi connectivity index (χ0v) is 12.4. The van der Waals surface area contributed by atoms with Crippen molar-refractivity contribution >= 4 is 12.0 Å². The van der Waals surface area contributed by atoms with Gasteiger partial charge in [0.15, 0.2) is 0 Å². The van der Waals surface area contributed by atoms with Crippen LogP contribution >= 0.6 is 0 Å². The third-order valence-electron chi connectivity index (χ3n) is 3.58. The smallest absolute Gasteiger partial charge is 0.320 e. The summed E-state index contributed by atoms with van der Waals surface area (Å²) in [5, 5.41) is 8.76. The van der Waals surface area contributed by atoms with Gasteiger partial charge in [0.2, 0.25) is 0 Å². The molecule has 2 amide bonds. The van der Waals surface area contributed by atoms with E-state index in [9.17, 15) is 9.59 Å². The Hall–Kier alpha value is -1.26. The Bertz CT molecular complexity index is 327. The molecule has 0 aromatic heterocycles. The van der Waals surface area contributed by atoms with Gasteiger partial charge in [0, 0.05) is 25.7 Å². The van der Waals surface area contributed by atoms with E-state index in [-0.39, 0.29) is 24.5 Å². The van der Waals surface area contributed by atoms with Gasteiger partial charge in [0.25, 0.3) is 0 Å². The number of carboxylic acid groups (broad SMARTS) is 1. The van der Waals surface area contributed by atoms with E-state index < -0.39 is 5.97 Å². The maximum Gasteiger partial charge on any atom is 0.320 e. The fraction of sp³-hybridized carbons (Fsp3) is 0.857. The topological polar surface area (TPSA) is 60.9 Å². The van der Waals surface area contributed by atoms with Gasteiger partial charge in [-0.25, -0.2) is 4.79 Å². The van der Waals surface area contributed by atoms with E-state index in [0.717, 1.165) is 19.3 Å². The highest BCUT2D eigenvalue weighted by molar-refractivity contribution is 5.76. The Morgan fingerprint density at radius 1 is 1.26 bits per heavy atom. The summed E-state index contributed by atoms with van der Waals surface area (Å²) in [5.41, 5.74) is 0. The Balaban J connectivity index is 2.57. The Kier molecular flexibility index (Phi) is 5.63. The molecule has 19 heavy (non-hydrogen) atoms. The molecule has 1 aliphatic carbocycles. The van der Waals surface area contributed by atoms with Gasteiger partial charge in [-0.1, -0.05) is 13.8 Å². The average Bonchev–Trinajstić information content (AvgIpc) is 3.11. The molecule has 0 aromatic carbocycles. The van der Waals surface area contributed by atoms with Crippen molar-refractivity contribution in [1.82, 2.24) is 9.80 Å². The van der Waals surface area contributed by atoms with Crippen molar-refractivity contribution < 1.29 is 14.7 Å². The Morgan fingerprint density at radius 2 is 1.84 bits per heavy atom. The van der Waals surface area contributed by atoms with Gasteiger partial charge in [-0.05, 0) is 32.1 Å². The normalized spacial score (nSPS) is 16.3. The van der Waals surface area contributed by atoms with Crippen molar-refractivity contribution in [2.75, 3.05) is 13.6 Å². The van der Waals surface area contributed by atoms with Crippen LogP contribution in [0.25, 0.3) is 0 Å². The van der Waals surface area contributed by atoms with E-state index in [0.29, 0.717) is 12.5 Å². The van der Waals surface area contributed by atoms with Crippen LogP contribution in [0, 0.1) is 5.92 Å². The fourth-order valence-electron chi connectivity index (χ4n) is 2.27. The number of hydrogen-bond donors (Lipinski definition) is 1. The van der Waals surface area contributed by atoms with Crippen molar-refractivity contribution in [3.05, 3.63) is 0 Å².